The molecule has 2 aromatic heterocycles. The van der Waals surface area contributed by atoms with Crippen LogP contribution in [0.5, 0.6) is 0 Å². The highest BCUT2D eigenvalue weighted by Crippen LogP contribution is 2.32. The number of rotatable bonds is 4. The van der Waals surface area contributed by atoms with E-state index in [9.17, 15) is 0 Å². The Morgan fingerprint density at radius 2 is 2.38 bits per heavy atom. The van der Waals surface area contributed by atoms with Gasteiger partial charge in [-0.25, -0.2) is 9.97 Å². The Morgan fingerprint density at radius 1 is 1.50 bits per heavy atom. The van der Waals surface area contributed by atoms with Crippen LogP contribution >= 0.6 is 11.8 Å². The molecule has 0 amide bonds. The molecule has 0 bridgehead atoms. The summed E-state index contributed by atoms with van der Waals surface area (Å²) in [6, 6.07) is 5.64. The summed E-state index contributed by atoms with van der Waals surface area (Å²) in [6.45, 7) is 2.44. The van der Waals surface area contributed by atoms with E-state index in [0.717, 1.165) is 16.6 Å². The summed E-state index contributed by atoms with van der Waals surface area (Å²) in [7, 11) is 0. The fraction of sp³-hybridized carbons (Fsp3) is 0.273. The fourth-order valence-corrected chi connectivity index (χ4v) is 2.23. The van der Waals surface area contributed by atoms with Gasteiger partial charge in [0.25, 0.3) is 0 Å². The van der Waals surface area contributed by atoms with E-state index in [1.165, 1.54) is 11.8 Å². The van der Waals surface area contributed by atoms with E-state index >= 15 is 0 Å². The van der Waals surface area contributed by atoms with Crippen LogP contribution in [-0.4, -0.2) is 16.5 Å². The lowest BCUT2D eigenvalue weighted by molar-refractivity contribution is 0.507. The van der Waals surface area contributed by atoms with E-state index in [1.54, 1.807) is 12.5 Å². The van der Waals surface area contributed by atoms with Crippen LogP contribution in [0.2, 0.25) is 0 Å². The molecule has 0 aliphatic heterocycles. The first-order chi connectivity index (χ1) is 7.79. The third-order valence-corrected chi connectivity index (χ3v) is 3.21. The number of nitrogens with zero attached hydrogens (tertiary/aromatic N) is 2. The number of thioether (sulfide) groups is 1. The molecule has 5 heteroatoms. The Bertz CT molecular complexity index is 444. The highest BCUT2D eigenvalue weighted by atomic mass is 32.2. The van der Waals surface area contributed by atoms with Crippen LogP contribution in [0.25, 0.3) is 0 Å². The molecule has 0 saturated heterocycles. The fourth-order valence-electron chi connectivity index (χ4n) is 1.31. The molecule has 1 unspecified atom stereocenters. The standard InChI is InChI=1S/C11H13N3OS/c1-8-4-5-13-11(14-8)16-10(7-12)9-3-2-6-15-9/h2-6,10H,7,12H2,1H3. The highest BCUT2D eigenvalue weighted by molar-refractivity contribution is 7.99. The van der Waals surface area contributed by atoms with Crippen LogP contribution in [0.3, 0.4) is 0 Å². The van der Waals surface area contributed by atoms with E-state index in [-0.39, 0.29) is 5.25 Å². The largest absolute Gasteiger partial charge is 0.468 e. The summed E-state index contributed by atoms with van der Waals surface area (Å²) in [5.74, 6) is 0.859. The van der Waals surface area contributed by atoms with Gasteiger partial charge in [-0.3, -0.25) is 0 Å². The number of nitrogens with two attached hydrogens (primary N) is 1. The lowest BCUT2D eigenvalue weighted by atomic mass is 10.3. The molecule has 0 aliphatic carbocycles. The summed E-state index contributed by atoms with van der Waals surface area (Å²) in [5.41, 5.74) is 6.67. The molecule has 4 nitrogen and oxygen atoms in total. The Balaban J connectivity index is 2.13. The third-order valence-electron chi connectivity index (χ3n) is 2.09. The maximum atomic E-state index is 5.71. The van der Waals surface area contributed by atoms with Crippen molar-refractivity contribution in [1.82, 2.24) is 9.97 Å². The van der Waals surface area contributed by atoms with Gasteiger partial charge in [-0.15, -0.1) is 0 Å². The number of hydrogen-bond donors (Lipinski definition) is 1. The van der Waals surface area contributed by atoms with Crippen LogP contribution in [0.4, 0.5) is 0 Å². The number of hydrogen-bond acceptors (Lipinski definition) is 5. The van der Waals surface area contributed by atoms with E-state index in [2.05, 4.69) is 9.97 Å². The second kappa shape index (κ2) is 5.14. The van der Waals surface area contributed by atoms with E-state index in [4.69, 9.17) is 10.2 Å². The lowest BCUT2D eigenvalue weighted by Crippen LogP contribution is -2.09. The second-order valence-electron chi connectivity index (χ2n) is 3.34. The maximum absolute atomic E-state index is 5.71. The SMILES string of the molecule is Cc1ccnc(SC(CN)c2ccco2)n1. The molecule has 84 valence electrons. The maximum Gasteiger partial charge on any atom is 0.188 e. The van der Waals surface area contributed by atoms with Crippen molar-refractivity contribution < 1.29 is 4.42 Å². The van der Waals surface area contributed by atoms with Gasteiger partial charge in [0.1, 0.15) is 5.76 Å². The zero-order chi connectivity index (χ0) is 11.4. The normalized spacial score (nSPS) is 12.6. The zero-order valence-corrected chi connectivity index (χ0v) is 9.78. The second-order valence-corrected chi connectivity index (χ2v) is 4.51. The molecule has 0 spiro atoms. The van der Waals surface area contributed by atoms with Crippen molar-refractivity contribution >= 4 is 11.8 Å². The monoisotopic (exact) mass is 235 g/mol. The molecule has 2 aromatic rings. The summed E-state index contributed by atoms with van der Waals surface area (Å²) in [6.07, 6.45) is 3.40. The Morgan fingerprint density at radius 3 is 3.00 bits per heavy atom. The molecular weight excluding hydrogens is 222 g/mol. The third kappa shape index (κ3) is 2.62. The first-order valence-corrected chi connectivity index (χ1v) is 5.87. The minimum Gasteiger partial charge on any atom is -0.468 e. The number of aryl methyl sites for hydroxylation is 1. The first-order valence-electron chi connectivity index (χ1n) is 4.99. The Labute approximate surface area is 98.3 Å². The van der Waals surface area contributed by atoms with Crippen molar-refractivity contribution in [3.05, 3.63) is 42.1 Å². The summed E-state index contributed by atoms with van der Waals surface area (Å²) in [4.78, 5) is 8.52. The van der Waals surface area contributed by atoms with Crippen molar-refractivity contribution in [3.63, 3.8) is 0 Å². The minimum atomic E-state index is 0.0665. The molecule has 0 saturated carbocycles. The van der Waals surface area contributed by atoms with Crippen molar-refractivity contribution in [2.45, 2.75) is 17.3 Å². The molecule has 1 atom stereocenters. The summed E-state index contributed by atoms with van der Waals surface area (Å²) >= 11 is 1.52. The Hall–Kier alpha value is -1.33. The molecule has 16 heavy (non-hydrogen) atoms. The highest BCUT2D eigenvalue weighted by Gasteiger charge is 2.15. The number of furan rings is 1. The molecule has 2 N–H and O–H groups in total. The van der Waals surface area contributed by atoms with E-state index < -0.39 is 0 Å². The molecule has 2 heterocycles. The molecule has 0 radical (unpaired) electrons. The first kappa shape index (κ1) is 11.2. The van der Waals surface area contributed by atoms with E-state index in [1.807, 2.05) is 25.1 Å². The smallest absolute Gasteiger partial charge is 0.188 e. The van der Waals surface area contributed by atoms with Gasteiger partial charge in [0.05, 0.1) is 11.5 Å². The summed E-state index contributed by atoms with van der Waals surface area (Å²) < 4.78 is 5.33. The van der Waals surface area contributed by atoms with Gasteiger partial charge in [0, 0.05) is 18.4 Å². The van der Waals surface area contributed by atoms with Gasteiger partial charge < -0.3 is 10.2 Å². The summed E-state index contributed by atoms with van der Waals surface area (Å²) in [5, 5.41) is 0.795. The molecule has 0 fully saturated rings. The predicted octanol–water partition coefficient (Wildman–Crippen LogP) is 2.17. The molecule has 0 aliphatic rings. The molecule has 2 rings (SSSR count). The minimum absolute atomic E-state index is 0.0665. The van der Waals surface area contributed by atoms with Crippen LogP contribution in [-0.2, 0) is 0 Å². The molecule has 0 aromatic carbocycles. The quantitative estimate of drug-likeness (QED) is 0.650. The predicted molar refractivity (Wildman–Crippen MR) is 63.1 cm³/mol. The van der Waals surface area contributed by atoms with Gasteiger partial charge in [0.2, 0.25) is 0 Å². The van der Waals surface area contributed by atoms with Crippen LogP contribution in [0.1, 0.15) is 16.7 Å². The van der Waals surface area contributed by atoms with Crippen molar-refractivity contribution in [2.75, 3.05) is 6.54 Å². The number of aromatic nitrogens is 2. The van der Waals surface area contributed by atoms with Gasteiger partial charge in [0.15, 0.2) is 5.16 Å². The van der Waals surface area contributed by atoms with Crippen molar-refractivity contribution in [1.29, 1.82) is 0 Å². The van der Waals surface area contributed by atoms with Gasteiger partial charge in [-0.05, 0) is 25.1 Å². The van der Waals surface area contributed by atoms with Crippen molar-refractivity contribution in [2.24, 2.45) is 5.73 Å². The molecular formula is C11H13N3OS. The van der Waals surface area contributed by atoms with Gasteiger partial charge in [-0.1, -0.05) is 11.8 Å². The average Bonchev–Trinajstić information content (AvgIpc) is 2.79. The average molecular weight is 235 g/mol. The van der Waals surface area contributed by atoms with Crippen LogP contribution < -0.4 is 5.73 Å². The topological polar surface area (TPSA) is 64.9 Å². The zero-order valence-electron chi connectivity index (χ0n) is 8.96. The van der Waals surface area contributed by atoms with Crippen molar-refractivity contribution in [3.8, 4) is 0 Å². The Kier molecular flexibility index (Phi) is 3.58. The van der Waals surface area contributed by atoms with Crippen LogP contribution in [0, 0.1) is 6.92 Å². The van der Waals surface area contributed by atoms with Gasteiger partial charge >= 0.3 is 0 Å². The van der Waals surface area contributed by atoms with Gasteiger partial charge in [-0.2, -0.15) is 0 Å². The van der Waals surface area contributed by atoms with Crippen LogP contribution in [0.15, 0.2) is 40.2 Å². The lowest BCUT2D eigenvalue weighted by Gasteiger charge is -2.10. The van der Waals surface area contributed by atoms with E-state index in [0.29, 0.717) is 6.54 Å².